The molecule has 0 radical (unpaired) electrons. The van der Waals surface area contributed by atoms with Crippen molar-refractivity contribution >= 4 is 11.6 Å². The van der Waals surface area contributed by atoms with Crippen molar-refractivity contribution in [2.75, 3.05) is 5.73 Å². The highest BCUT2D eigenvalue weighted by atomic mass is 19.1. The van der Waals surface area contributed by atoms with E-state index < -0.39 is 0 Å². The van der Waals surface area contributed by atoms with Gasteiger partial charge in [0.25, 0.3) is 0 Å². The minimum atomic E-state index is -0.348. The monoisotopic (exact) mass is 286 g/mol. The predicted octanol–water partition coefficient (Wildman–Crippen LogP) is 3.22. The number of amides is 1. The molecule has 0 aromatic heterocycles. The molecule has 0 saturated carbocycles. The first-order valence-electron chi connectivity index (χ1n) is 6.94. The Kier molecular flexibility index (Phi) is 4.93. The third-order valence-corrected chi connectivity index (χ3v) is 3.34. The summed E-state index contributed by atoms with van der Waals surface area (Å²) >= 11 is 0. The minimum Gasteiger partial charge on any atom is -0.399 e. The fourth-order valence-electron chi connectivity index (χ4n) is 2.22. The van der Waals surface area contributed by atoms with Crippen molar-refractivity contribution < 1.29 is 9.18 Å². The van der Waals surface area contributed by atoms with Crippen molar-refractivity contribution in [2.45, 2.75) is 25.8 Å². The lowest BCUT2D eigenvalue weighted by molar-refractivity contribution is -0.121. The Labute approximate surface area is 124 Å². The van der Waals surface area contributed by atoms with Gasteiger partial charge in [-0.25, -0.2) is 4.39 Å². The number of rotatable bonds is 5. The second kappa shape index (κ2) is 6.88. The zero-order valence-corrected chi connectivity index (χ0v) is 12.0. The predicted molar refractivity (Wildman–Crippen MR) is 82.1 cm³/mol. The normalized spacial score (nSPS) is 11.9. The van der Waals surface area contributed by atoms with Crippen LogP contribution in [-0.2, 0) is 11.2 Å². The van der Waals surface area contributed by atoms with Crippen LogP contribution in [0.1, 0.15) is 30.5 Å². The summed E-state index contributed by atoms with van der Waals surface area (Å²) in [6, 6.07) is 13.6. The average Bonchev–Trinajstić information content (AvgIpc) is 2.45. The van der Waals surface area contributed by atoms with E-state index in [-0.39, 0.29) is 17.8 Å². The van der Waals surface area contributed by atoms with Crippen LogP contribution in [0.2, 0.25) is 0 Å². The van der Waals surface area contributed by atoms with E-state index in [2.05, 4.69) is 5.32 Å². The molecule has 4 heteroatoms. The number of halogens is 1. The molecule has 1 atom stereocenters. The Balaban J connectivity index is 1.89. The number of nitrogens with two attached hydrogens (primary N) is 1. The first-order valence-corrected chi connectivity index (χ1v) is 6.94. The number of benzene rings is 2. The van der Waals surface area contributed by atoms with E-state index in [9.17, 15) is 9.18 Å². The van der Waals surface area contributed by atoms with Crippen molar-refractivity contribution in [3.05, 3.63) is 65.5 Å². The van der Waals surface area contributed by atoms with Crippen LogP contribution in [0.25, 0.3) is 0 Å². The summed E-state index contributed by atoms with van der Waals surface area (Å²) in [6.45, 7) is 1.77. The molecule has 3 nitrogen and oxygen atoms in total. The first-order chi connectivity index (χ1) is 10.1. The number of carbonyl (C=O) groups is 1. The summed E-state index contributed by atoms with van der Waals surface area (Å²) in [6.07, 6.45) is 0.961. The molecule has 2 aromatic carbocycles. The van der Waals surface area contributed by atoms with Crippen molar-refractivity contribution in [3.63, 3.8) is 0 Å². The van der Waals surface area contributed by atoms with Gasteiger partial charge in [-0.3, -0.25) is 4.79 Å². The molecule has 0 bridgehead atoms. The molecule has 21 heavy (non-hydrogen) atoms. The summed E-state index contributed by atoms with van der Waals surface area (Å²) in [5.74, 6) is -0.408. The smallest absolute Gasteiger partial charge is 0.220 e. The summed E-state index contributed by atoms with van der Waals surface area (Å²) < 4.78 is 13.6. The lowest BCUT2D eigenvalue weighted by Gasteiger charge is -2.15. The van der Waals surface area contributed by atoms with Crippen molar-refractivity contribution in [1.29, 1.82) is 0 Å². The van der Waals surface area contributed by atoms with Gasteiger partial charge in [-0.05, 0) is 37.1 Å². The molecule has 2 aromatic rings. The van der Waals surface area contributed by atoms with Crippen molar-refractivity contribution in [3.8, 4) is 0 Å². The second-order valence-corrected chi connectivity index (χ2v) is 5.06. The van der Waals surface area contributed by atoms with Crippen LogP contribution in [0, 0.1) is 5.82 Å². The summed E-state index contributed by atoms with van der Waals surface area (Å²) in [4.78, 5) is 11.9. The van der Waals surface area contributed by atoms with Gasteiger partial charge in [0.2, 0.25) is 5.91 Å². The van der Waals surface area contributed by atoms with E-state index in [1.54, 1.807) is 25.1 Å². The second-order valence-electron chi connectivity index (χ2n) is 5.06. The number of nitrogens with one attached hydrogen (secondary N) is 1. The lowest BCUT2D eigenvalue weighted by Crippen LogP contribution is -2.27. The Morgan fingerprint density at radius 3 is 2.71 bits per heavy atom. The number of aryl methyl sites for hydroxylation is 1. The molecular weight excluding hydrogens is 267 g/mol. The van der Waals surface area contributed by atoms with E-state index in [4.69, 9.17) is 5.73 Å². The molecule has 0 saturated heterocycles. The molecular formula is C17H19FN2O. The maximum atomic E-state index is 13.6. The fraction of sp³-hybridized carbons (Fsp3) is 0.235. The lowest BCUT2D eigenvalue weighted by atomic mass is 10.1. The Morgan fingerprint density at radius 1 is 1.24 bits per heavy atom. The van der Waals surface area contributed by atoms with Crippen molar-refractivity contribution in [1.82, 2.24) is 5.32 Å². The molecule has 0 fully saturated rings. The largest absolute Gasteiger partial charge is 0.399 e. The van der Waals surface area contributed by atoms with Gasteiger partial charge in [-0.2, -0.15) is 0 Å². The molecule has 3 N–H and O–H groups in total. The SMILES string of the molecule is CC(NC(=O)CCc1cccc(N)c1)c1ccccc1F. The first kappa shape index (κ1) is 15.0. The Hall–Kier alpha value is -2.36. The van der Waals surface area contributed by atoms with E-state index in [1.807, 2.05) is 24.3 Å². The zero-order valence-electron chi connectivity index (χ0n) is 12.0. The molecule has 0 aliphatic carbocycles. The van der Waals surface area contributed by atoms with Gasteiger partial charge in [-0.15, -0.1) is 0 Å². The summed E-state index contributed by atoms with van der Waals surface area (Å²) in [5.41, 5.74) is 7.90. The maximum Gasteiger partial charge on any atom is 0.220 e. The van der Waals surface area contributed by atoms with Crippen LogP contribution in [0.3, 0.4) is 0 Å². The van der Waals surface area contributed by atoms with Gasteiger partial charge in [0.05, 0.1) is 6.04 Å². The number of nitrogen functional groups attached to an aromatic ring is 1. The van der Waals surface area contributed by atoms with Gasteiger partial charge in [-0.1, -0.05) is 30.3 Å². The molecule has 0 spiro atoms. The summed E-state index contributed by atoms with van der Waals surface area (Å²) in [5, 5.41) is 2.81. The van der Waals surface area contributed by atoms with Crippen LogP contribution in [-0.4, -0.2) is 5.91 Å². The van der Waals surface area contributed by atoms with E-state index in [0.717, 1.165) is 5.56 Å². The quantitative estimate of drug-likeness (QED) is 0.829. The average molecular weight is 286 g/mol. The highest BCUT2D eigenvalue weighted by Crippen LogP contribution is 2.16. The van der Waals surface area contributed by atoms with Crippen LogP contribution < -0.4 is 11.1 Å². The van der Waals surface area contributed by atoms with E-state index >= 15 is 0 Å². The molecule has 0 aliphatic heterocycles. The molecule has 1 amide bonds. The Bertz CT molecular complexity index is 628. The number of anilines is 1. The topological polar surface area (TPSA) is 55.1 Å². The van der Waals surface area contributed by atoms with Gasteiger partial charge < -0.3 is 11.1 Å². The van der Waals surface area contributed by atoms with Crippen LogP contribution in [0.4, 0.5) is 10.1 Å². The highest BCUT2D eigenvalue weighted by molar-refractivity contribution is 5.76. The highest BCUT2D eigenvalue weighted by Gasteiger charge is 2.12. The van der Waals surface area contributed by atoms with Crippen molar-refractivity contribution in [2.24, 2.45) is 0 Å². The molecule has 0 heterocycles. The third kappa shape index (κ3) is 4.31. The minimum absolute atomic E-state index is 0.104. The molecule has 1 unspecified atom stereocenters. The molecule has 0 aliphatic rings. The zero-order chi connectivity index (χ0) is 15.2. The third-order valence-electron chi connectivity index (χ3n) is 3.34. The maximum absolute atomic E-state index is 13.6. The Morgan fingerprint density at radius 2 is 2.00 bits per heavy atom. The molecule has 2 rings (SSSR count). The number of carbonyl (C=O) groups excluding carboxylic acids is 1. The van der Waals surface area contributed by atoms with Gasteiger partial charge in [0, 0.05) is 17.7 Å². The van der Waals surface area contributed by atoms with Crippen LogP contribution in [0.5, 0.6) is 0 Å². The number of hydrogen-bond donors (Lipinski definition) is 2. The van der Waals surface area contributed by atoms with E-state index in [0.29, 0.717) is 24.1 Å². The van der Waals surface area contributed by atoms with Gasteiger partial charge in [0.1, 0.15) is 5.82 Å². The van der Waals surface area contributed by atoms with Crippen LogP contribution >= 0.6 is 0 Å². The van der Waals surface area contributed by atoms with Gasteiger partial charge >= 0.3 is 0 Å². The number of hydrogen-bond acceptors (Lipinski definition) is 2. The molecule has 110 valence electrons. The van der Waals surface area contributed by atoms with Crippen LogP contribution in [0.15, 0.2) is 48.5 Å². The standard InChI is InChI=1S/C17H19FN2O/c1-12(15-7-2-3-8-16(15)18)20-17(21)10-9-13-5-4-6-14(19)11-13/h2-8,11-12H,9-10,19H2,1H3,(H,20,21). The van der Waals surface area contributed by atoms with Gasteiger partial charge in [0.15, 0.2) is 0 Å². The summed E-state index contributed by atoms with van der Waals surface area (Å²) in [7, 11) is 0. The fourth-order valence-corrected chi connectivity index (χ4v) is 2.22. The van der Waals surface area contributed by atoms with E-state index in [1.165, 1.54) is 6.07 Å².